The summed E-state index contributed by atoms with van der Waals surface area (Å²) in [5.74, 6) is 0.441. The fourth-order valence-electron chi connectivity index (χ4n) is 3.08. The fraction of sp³-hybridized carbons (Fsp3) is 0.294. The number of carbonyl (C=O) groups excluding carboxylic acids is 1. The number of morpholine rings is 1. The molecular weight excluding hydrogens is 320 g/mol. The van der Waals surface area contributed by atoms with Crippen LogP contribution in [0, 0.1) is 0 Å². The molecule has 8 heteroatoms. The zero-order valence-corrected chi connectivity index (χ0v) is 13.8. The number of ether oxygens (including phenoxy) is 1. The third kappa shape index (κ3) is 2.91. The van der Waals surface area contributed by atoms with Gasteiger partial charge in [-0.05, 0) is 17.7 Å². The SMILES string of the molecule is Cn1c(C(=O)N2CCOC(c3nn[nH]n3)C2)ccc1-c1ccccc1. The maximum absolute atomic E-state index is 13.0. The molecule has 1 aromatic carbocycles. The number of benzene rings is 1. The lowest BCUT2D eigenvalue weighted by atomic mass is 10.2. The number of H-pyrrole nitrogens is 1. The molecule has 8 nitrogen and oxygen atoms in total. The molecule has 1 aliphatic heterocycles. The molecule has 25 heavy (non-hydrogen) atoms. The minimum Gasteiger partial charge on any atom is -0.366 e. The lowest BCUT2D eigenvalue weighted by Crippen LogP contribution is -2.43. The highest BCUT2D eigenvalue weighted by Crippen LogP contribution is 2.24. The Labute approximate surface area is 144 Å². The number of amides is 1. The van der Waals surface area contributed by atoms with Crippen molar-refractivity contribution in [3.63, 3.8) is 0 Å². The van der Waals surface area contributed by atoms with Gasteiger partial charge in [0.25, 0.3) is 5.91 Å². The van der Waals surface area contributed by atoms with Crippen molar-refractivity contribution in [2.75, 3.05) is 19.7 Å². The molecule has 1 fully saturated rings. The van der Waals surface area contributed by atoms with Crippen molar-refractivity contribution in [3.8, 4) is 11.3 Å². The van der Waals surface area contributed by atoms with E-state index in [2.05, 4.69) is 20.6 Å². The molecule has 1 aliphatic rings. The number of nitrogens with zero attached hydrogens (tertiary/aromatic N) is 5. The molecule has 2 aromatic heterocycles. The maximum Gasteiger partial charge on any atom is 0.270 e. The summed E-state index contributed by atoms with van der Waals surface area (Å²) in [6, 6.07) is 13.9. The van der Waals surface area contributed by atoms with Gasteiger partial charge in [-0.3, -0.25) is 4.79 Å². The Morgan fingerprint density at radius 1 is 1.24 bits per heavy atom. The van der Waals surface area contributed by atoms with Gasteiger partial charge in [0.1, 0.15) is 11.8 Å². The topological polar surface area (TPSA) is 88.9 Å². The highest BCUT2D eigenvalue weighted by atomic mass is 16.5. The molecule has 1 N–H and O–H groups in total. The van der Waals surface area contributed by atoms with Crippen LogP contribution in [0.1, 0.15) is 22.4 Å². The number of hydrogen-bond acceptors (Lipinski definition) is 5. The molecule has 1 atom stereocenters. The minimum atomic E-state index is -0.356. The van der Waals surface area contributed by atoms with Crippen molar-refractivity contribution in [1.82, 2.24) is 30.1 Å². The Balaban J connectivity index is 1.56. The Bertz CT molecular complexity index is 859. The van der Waals surface area contributed by atoms with E-state index in [1.165, 1.54) is 0 Å². The van der Waals surface area contributed by atoms with Crippen molar-refractivity contribution >= 4 is 5.91 Å². The smallest absolute Gasteiger partial charge is 0.270 e. The van der Waals surface area contributed by atoms with Gasteiger partial charge in [0.05, 0.1) is 13.2 Å². The second kappa shape index (κ2) is 6.48. The Hall–Kier alpha value is -3.00. The zero-order chi connectivity index (χ0) is 17.2. The minimum absolute atomic E-state index is 0.0264. The molecule has 128 valence electrons. The summed E-state index contributed by atoms with van der Waals surface area (Å²) >= 11 is 0. The lowest BCUT2D eigenvalue weighted by Gasteiger charge is -2.31. The van der Waals surface area contributed by atoms with Crippen LogP contribution >= 0.6 is 0 Å². The number of aromatic nitrogens is 5. The van der Waals surface area contributed by atoms with E-state index in [-0.39, 0.29) is 12.0 Å². The van der Waals surface area contributed by atoms with Gasteiger partial charge in [-0.15, -0.1) is 10.2 Å². The van der Waals surface area contributed by atoms with E-state index >= 15 is 0 Å². The van der Waals surface area contributed by atoms with Crippen molar-refractivity contribution in [1.29, 1.82) is 0 Å². The van der Waals surface area contributed by atoms with Crippen LogP contribution in [0.5, 0.6) is 0 Å². The normalized spacial score (nSPS) is 17.6. The van der Waals surface area contributed by atoms with Gasteiger partial charge >= 0.3 is 0 Å². The van der Waals surface area contributed by atoms with Crippen molar-refractivity contribution in [3.05, 3.63) is 54.0 Å². The van der Waals surface area contributed by atoms with E-state index in [1.54, 1.807) is 4.90 Å². The lowest BCUT2D eigenvalue weighted by molar-refractivity contribution is -0.0270. The number of carbonyl (C=O) groups is 1. The number of aromatic amines is 1. The molecule has 0 aliphatic carbocycles. The Morgan fingerprint density at radius 2 is 2.08 bits per heavy atom. The fourth-order valence-corrected chi connectivity index (χ4v) is 3.08. The molecule has 3 aromatic rings. The van der Waals surface area contributed by atoms with Crippen LogP contribution in [-0.4, -0.2) is 55.7 Å². The van der Waals surface area contributed by atoms with Crippen LogP contribution in [-0.2, 0) is 11.8 Å². The van der Waals surface area contributed by atoms with Crippen LogP contribution in [0.25, 0.3) is 11.3 Å². The predicted molar refractivity (Wildman–Crippen MR) is 89.6 cm³/mol. The highest BCUT2D eigenvalue weighted by Gasteiger charge is 2.29. The summed E-state index contributed by atoms with van der Waals surface area (Å²) in [4.78, 5) is 14.7. The Morgan fingerprint density at radius 3 is 2.84 bits per heavy atom. The van der Waals surface area contributed by atoms with Crippen molar-refractivity contribution in [2.24, 2.45) is 7.05 Å². The van der Waals surface area contributed by atoms with Crippen LogP contribution in [0.4, 0.5) is 0 Å². The van der Waals surface area contributed by atoms with Gasteiger partial charge in [-0.25, -0.2) is 0 Å². The first kappa shape index (κ1) is 15.5. The number of nitrogens with one attached hydrogen (secondary N) is 1. The second-order valence-corrected chi connectivity index (χ2v) is 5.91. The van der Waals surface area contributed by atoms with Gasteiger partial charge in [0.2, 0.25) is 5.82 Å². The molecular formula is C17H18N6O2. The molecule has 0 radical (unpaired) electrons. The van der Waals surface area contributed by atoms with Crippen LogP contribution in [0.2, 0.25) is 0 Å². The van der Waals surface area contributed by atoms with Crippen molar-refractivity contribution < 1.29 is 9.53 Å². The molecule has 0 bridgehead atoms. The monoisotopic (exact) mass is 338 g/mol. The van der Waals surface area contributed by atoms with E-state index in [0.29, 0.717) is 31.2 Å². The van der Waals surface area contributed by atoms with E-state index in [9.17, 15) is 4.79 Å². The molecule has 0 spiro atoms. The molecule has 0 saturated carbocycles. The summed E-state index contributed by atoms with van der Waals surface area (Å²) < 4.78 is 7.58. The summed E-state index contributed by atoms with van der Waals surface area (Å²) in [5, 5.41) is 13.9. The first-order valence-electron chi connectivity index (χ1n) is 8.09. The third-order valence-corrected chi connectivity index (χ3v) is 4.41. The maximum atomic E-state index is 13.0. The van der Waals surface area contributed by atoms with Gasteiger partial charge in [0.15, 0.2) is 0 Å². The summed E-state index contributed by atoms with van der Waals surface area (Å²) in [7, 11) is 1.91. The molecule has 1 unspecified atom stereocenters. The summed E-state index contributed by atoms with van der Waals surface area (Å²) in [6.07, 6.45) is -0.356. The largest absolute Gasteiger partial charge is 0.366 e. The van der Waals surface area contributed by atoms with E-state index in [4.69, 9.17) is 4.74 Å². The van der Waals surface area contributed by atoms with Gasteiger partial charge < -0.3 is 14.2 Å². The van der Waals surface area contributed by atoms with E-state index in [1.807, 2.05) is 54.1 Å². The molecule has 1 saturated heterocycles. The molecule has 4 rings (SSSR count). The Kier molecular flexibility index (Phi) is 4.02. The van der Waals surface area contributed by atoms with Crippen LogP contribution < -0.4 is 0 Å². The molecule has 3 heterocycles. The average molecular weight is 338 g/mol. The second-order valence-electron chi connectivity index (χ2n) is 5.91. The first-order chi connectivity index (χ1) is 12.2. The van der Waals surface area contributed by atoms with E-state index < -0.39 is 0 Å². The quantitative estimate of drug-likeness (QED) is 0.780. The van der Waals surface area contributed by atoms with Gasteiger partial charge in [-0.2, -0.15) is 5.21 Å². The first-order valence-corrected chi connectivity index (χ1v) is 8.09. The highest BCUT2D eigenvalue weighted by molar-refractivity contribution is 5.94. The van der Waals surface area contributed by atoms with E-state index in [0.717, 1.165) is 11.3 Å². The number of hydrogen-bond donors (Lipinski definition) is 1. The van der Waals surface area contributed by atoms with Crippen LogP contribution in [0.3, 0.4) is 0 Å². The predicted octanol–water partition coefficient (Wildman–Crippen LogP) is 1.42. The van der Waals surface area contributed by atoms with Gasteiger partial charge in [-0.1, -0.05) is 35.5 Å². The summed E-state index contributed by atoms with van der Waals surface area (Å²) in [6.45, 7) is 1.39. The van der Waals surface area contributed by atoms with Gasteiger partial charge in [0, 0.05) is 19.3 Å². The molecule has 1 amide bonds. The zero-order valence-electron chi connectivity index (χ0n) is 13.8. The average Bonchev–Trinajstić information content (AvgIpc) is 3.32. The number of rotatable bonds is 3. The number of tetrazole rings is 1. The third-order valence-electron chi connectivity index (χ3n) is 4.41. The summed E-state index contributed by atoms with van der Waals surface area (Å²) in [5.41, 5.74) is 2.73. The standard InChI is InChI=1S/C17H18N6O2/c1-22-13(12-5-3-2-4-6-12)7-8-14(22)17(24)23-9-10-25-15(11-23)16-18-20-21-19-16/h2-8,15H,9-11H2,1H3,(H,18,19,20,21). The van der Waals surface area contributed by atoms with Crippen molar-refractivity contribution in [2.45, 2.75) is 6.10 Å². The van der Waals surface area contributed by atoms with Crippen LogP contribution in [0.15, 0.2) is 42.5 Å².